The molecule has 2 unspecified atom stereocenters. The van der Waals surface area contributed by atoms with Crippen molar-refractivity contribution in [2.75, 3.05) is 13.1 Å². The summed E-state index contributed by atoms with van der Waals surface area (Å²) in [7, 11) is 0. The van der Waals surface area contributed by atoms with Gasteiger partial charge in [0, 0.05) is 12.6 Å². The Kier molecular flexibility index (Phi) is 4.70. The van der Waals surface area contributed by atoms with E-state index in [0.29, 0.717) is 11.5 Å². The summed E-state index contributed by atoms with van der Waals surface area (Å²) in [5.74, 6) is -3.30. The zero-order valence-electron chi connectivity index (χ0n) is 11.9. The zero-order valence-corrected chi connectivity index (χ0v) is 11.9. The smallest absolute Gasteiger partial charge is 0.194 e. The number of hydrogen-bond donors (Lipinski definition) is 1. The first-order valence-corrected chi connectivity index (χ1v) is 7.04. The van der Waals surface area contributed by atoms with Crippen molar-refractivity contribution < 1.29 is 13.2 Å². The first-order valence-electron chi connectivity index (χ1n) is 7.04. The molecule has 1 aliphatic heterocycles. The number of piperidine rings is 1. The molecule has 0 amide bonds. The van der Waals surface area contributed by atoms with Crippen LogP contribution in [0.1, 0.15) is 38.3 Å². The van der Waals surface area contributed by atoms with Crippen LogP contribution in [0.25, 0.3) is 0 Å². The fourth-order valence-electron chi connectivity index (χ4n) is 2.98. The van der Waals surface area contributed by atoms with Crippen LogP contribution in [0.15, 0.2) is 12.1 Å². The molecule has 2 rings (SSSR count). The largest absolute Gasteiger partial charge is 0.326 e. The Morgan fingerprint density at radius 3 is 2.40 bits per heavy atom. The molecule has 0 radical (unpaired) electrons. The van der Waals surface area contributed by atoms with Gasteiger partial charge in [-0.1, -0.05) is 13.8 Å². The highest BCUT2D eigenvalue weighted by molar-refractivity contribution is 5.24. The molecular formula is C15H21F3N2. The minimum atomic E-state index is -1.42. The molecular weight excluding hydrogens is 265 g/mol. The van der Waals surface area contributed by atoms with Crippen LogP contribution in [0.3, 0.4) is 0 Å². The molecule has 20 heavy (non-hydrogen) atoms. The second kappa shape index (κ2) is 6.14. The number of benzene rings is 1. The highest BCUT2D eigenvalue weighted by atomic mass is 19.2. The van der Waals surface area contributed by atoms with E-state index in [-0.39, 0.29) is 12.1 Å². The lowest BCUT2D eigenvalue weighted by Gasteiger charge is -2.41. The molecule has 112 valence electrons. The number of likely N-dealkylation sites (tertiary alicyclic amines) is 1. The monoisotopic (exact) mass is 286 g/mol. The van der Waals surface area contributed by atoms with Gasteiger partial charge in [0.25, 0.3) is 0 Å². The summed E-state index contributed by atoms with van der Waals surface area (Å²) < 4.78 is 40.0. The molecule has 0 bridgehead atoms. The van der Waals surface area contributed by atoms with E-state index < -0.39 is 17.5 Å². The van der Waals surface area contributed by atoms with Crippen LogP contribution in [0, 0.1) is 23.4 Å². The van der Waals surface area contributed by atoms with Gasteiger partial charge in [0.05, 0.1) is 6.04 Å². The van der Waals surface area contributed by atoms with Gasteiger partial charge in [0.1, 0.15) is 0 Å². The fraction of sp³-hybridized carbons (Fsp3) is 0.600. The summed E-state index contributed by atoms with van der Waals surface area (Å²) >= 11 is 0. The summed E-state index contributed by atoms with van der Waals surface area (Å²) in [6, 6.07) is 1.70. The van der Waals surface area contributed by atoms with Gasteiger partial charge in [-0.25, -0.2) is 13.2 Å². The molecule has 0 aliphatic carbocycles. The minimum absolute atomic E-state index is 0.188. The van der Waals surface area contributed by atoms with Gasteiger partial charge < -0.3 is 5.73 Å². The predicted octanol–water partition coefficient (Wildman–Crippen LogP) is 3.22. The first kappa shape index (κ1) is 15.3. The van der Waals surface area contributed by atoms with Crippen LogP contribution in [-0.2, 0) is 0 Å². The van der Waals surface area contributed by atoms with E-state index in [0.717, 1.165) is 38.1 Å². The SMILES string of the molecule is CC(C)CN1CCCC(N)C1c1cc(F)c(F)c(F)c1. The Balaban J connectivity index is 2.34. The van der Waals surface area contributed by atoms with E-state index in [1.807, 2.05) is 0 Å². The van der Waals surface area contributed by atoms with Crippen LogP contribution < -0.4 is 5.73 Å². The lowest BCUT2D eigenvalue weighted by molar-refractivity contribution is 0.113. The lowest BCUT2D eigenvalue weighted by atomic mass is 9.90. The van der Waals surface area contributed by atoms with Crippen LogP contribution in [-0.4, -0.2) is 24.0 Å². The van der Waals surface area contributed by atoms with Gasteiger partial charge in [-0.3, -0.25) is 4.90 Å². The molecule has 0 spiro atoms. The topological polar surface area (TPSA) is 29.3 Å². The molecule has 1 heterocycles. The van der Waals surface area contributed by atoms with Crippen molar-refractivity contribution in [1.29, 1.82) is 0 Å². The lowest BCUT2D eigenvalue weighted by Crippen LogP contribution is -2.47. The van der Waals surface area contributed by atoms with Crippen molar-refractivity contribution >= 4 is 0 Å². The zero-order chi connectivity index (χ0) is 14.9. The predicted molar refractivity (Wildman–Crippen MR) is 72.7 cm³/mol. The Morgan fingerprint density at radius 2 is 1.85 bits per heavy atom. The second-order valence-corrected chi connectivity index (χ2v) is 5.94. The molecule has 2 N–H and O–H groups in total. The third kappa shape index (κ3) is 3.15. The van der Waals surface area contributed by atoms with E-state index in [2.05, 4.69) is 18.7 Å². The van der Waals surface area contributed by atoms with Crippen LogP contribution >= 0.6 is 0 Å². The maximum absolute atomic E-state index is 13.4. The minimum Gasteiger partial charge on any atom is -0.326 e. The highest BCUT2D eigenvalue weighted by Gasteiger charge is 2.31. The van der Waals surface area contributed by atoms with Crippen molar-refractivity contribution in [3.63, 3.8) is 0 Å². The van der Waals surface area contributed by atoms with Gasteiger partial charge >= 0.3 is 0 Å². The molecule has 2 nitrogen and oxygen atoms in total. The standard InChI is InChI=1S/C15H21F3N2/c1-9(2)8-20-5-3-4-13(19)15(20)10-6-11(16)14(18)12(17)7-10/h6-7,9,13,15H,3-5,8,19H2,1-2H3. The van der Waals surface area contributed by atoms with Gasteiger partial charge in [-0.15, -0.1) is 0 Å². The van der Waals surface area contributed by atoms with Gasteiger partial charge in [-0.2, -0.15) is 0 Å². The molecule has 0 saturated carbocycles. The van der Waals surface area contributed by atoms with Crippen LogP contribution in [0.5, 0.6) is 0 Å². The first-order chi connectivity index (χ1) is 9.40. The fourth-order valence-corrected chi connectivity index (χ4v) is 2.98. The number of nitrogens with two attached hydrogens (primary N) is 1. The average Bonchev–Trinajstić information content (AvgIpc) is 2.35. The summed E-state index contributed by atoms with van der Waals surface area (Å²) in [5.41, 5.74) is 6.56. The van der Waals surface area contributed by atoms with Crippen molar-refractivity contribution in [3.8, 4) is 0 Å². The van der Waals surface area contributed by atoms with Crippen molar-refractivity contribution in [2.24, 2.45) is 11.7 Å². The Bertz CT molecular complexity index is 453. The Morgan fingerprint density at radius 1 is 1.25 bits per heavy atom. The molecule has 1 aromatic carbocycles. The van der Waals surface area contributed by atoms with Crippen LogP contribution in [0.2, 0.25) is 0 Å². The summed E-state index contributed by atoms with van der Waals surface area (Å²) in [6.07, 6.45) is 1.77. The van der Waals surface area contributed by atoms with Crippen molar-refractivity contribution in [2.45, 2.75) is 38.8 Å². The summed E-state index contributed by atoms with van der Waals surface area (Å²) in [6.45, 7) is 5.82. The molecule has 2 atom stereocenters. The molecule has 1 aliphatic rings. The van der Waals surface area contributed by atoms with E-state index in [4.69, 9.17) is 5.73 Å². The highest BCUT2D eigenvalue weighted by Crippen LogP contribution is 2.32. The maximum atomic E-state index is 13.4. The van der Waals surface area contributed by atoms with Crippen molar-refractivity contribution in [1.82, 2.24) is 4.90 Å². The molecule has 1 fully saturated rings. The number of nitrogens with zero attached hydrogens (tertiary/aromatic N) is 1. The second-order valence-electron chi connectivity index (χ2n) is 5.94. The molecule has 0 aromatic heterocycles. The maximum Gasteiger partial charge on any atom is 0.194 e. The molecule has 5 heteroatoms. The number of hydrogen-bond acceptors (Lipinski definition) is 2. The third-order valence-electron chi connectivity index (χ3n) is 3.73. The number of halogens is 3. The van der Waals surface area contributed by atoms with Crippen molar-refractivity contribution in [3.05, 3.63) is 35.1 Å². The molecule has 1 aromatic rings. The average molecular weight is 286 g/mol. The van der Waals surface area contributed by atoms with Gasteiger partial charge in [0.2, 0.25) is 0 Å². The van der Waals surface area contributed by atoms with Gasteiger partial charge in [-0.05, 0) is 43.0 Å². The molecule has 1 saturated heterocycles. The Hall–Kier alpha value is -1.07. The van der Waals surface area contributed by atoms with E-state index in [1.54, 1.807) is 0 Å². The summed E-state index contributed by atoms with van der Waals surface area (Å²) in [5, 5.41) is 0. The quantitative estimate of drug-likeness (QED) is 0.864. The van der Waals surface area contributed by atoms with E-state index in [9.17, 15) is 13.2 Å². The summed E-state index contributed by atoms with van der Waals surface area (Å²) in [4.78, 5) is 2.14. The van der Waals surface area contributed by atoms with Crippen LogP contribution in [0.4, 0.5) is 13.2 Å². The Labute approximate surface area is 117 Å². The van der Waals surface area contributed by atoms with Gasteiger partial charge in [0.15, 0.2) is 17.5 Å². The third-order valence-corrected chi connectivity index (χ3v) is 3.73. The number of rotatable bonds is 3. The normalized spacial score (nSPS) is 24.4. The van der Waals surface area contributed by atoms with E-state index >= 15 is 0 Å². The van der Waals surface area contributed by atoms with E-state index in [1.165, 1.54) is 0 Å².